The van der Waals surface area contributed by atoms with Crippen LogP contribution in [0.2, 0.25) is 5.15 Å². The highest BCUT2D eigenvalue weighted by Crippen LogP contribution is 2.20. The van der Waals surface area contributed by atoms with Crippen LogP contribution in [0.25, 0.3) is 6.08 Å². The molecule has 0 saturated carbocycles. The lowest BCUT2D eigenvalue weighted by Gasteiger charge is -2.03. The summed E-state index contributed by atoms with van der Waals surface area (Å²) in [5.41, 5.74) is 0.922. The third-order valence-corrected chi connectivity index (χ3v) is 2.80. The number of allylic oxidation sites excluding steroid dienone is 1. The first-order valence-electron chi connectivity index (χ1n) is 5.25. The largest absolute Gasteiger partial charge is 0.323 e. The zero-order valence-electron chi connectivity index (χ0n) is 9.94. The van der Waals surface area contributed by atoms with Gasteiger partial charge in [0.1, 0.15) is 11.0 Å². The summed E-state index contributed by atoms with van der Waals surface area (Å²) in [7, 11) is 0. The predicted octanol–water partition coefficient (Wildman–Crippen LogP) is 3.35. The Bertz CT molecular complexity index is 566. The maximum atomic E-state index is 5.91. The molecule has 0 fully saturated rings. The van der Waals surface area contributed by atoms with Crippen molar-refractivity contribution in [2.75, 3.05) is 11.6 Å². The third-order valence-electron chi connectivity index (χ3n) is 2.06. The first kappa shape index (κ1) is 12.9. The molecule has 0 amide bonds. The molecule has 0 saturated heterocycles. The summed E-state index contributed by atoms with van der Waals surface area (Å²) in [6.07, 6.45) is 5.76. The Morgan fingerprint density at radius 2 is 2.17 bits per heavy atom. The van der Waals surface area contributed by atoms with Crippen molar-refractivity contribution in [2.24, 2.45) is 0 Å². The molecule has 0 bridgehead atoms. The Morgan fingerprint density at radius 1 is 1.33 bits per heavy atom. The van der Waals surface area contributed by atoms with Gasteiger partial charge in [-0.1, -0.05) is 29.4 Å². The van der Waals surface area contributed by atoms with Crippen molar-refractivity contribution in [3.8, 4) is 0 Å². The molecular formula is C11H12ClN5S. The summed E-state index contributed by atoms with van der Waals surface area (Å²) < 4.78 is 0. The fourth-order valence-corrected chi connectivity index (χ4v) is 1.96. The minimum Gasteiger partial charge on any atom is -0.323 e. The number of anilines is 2. The van der Waals surface area contributed by atoms with Crippen LogP contribution in [0.5, 0.6) is 0 Å². The molecule has 2 aromatic heterocycles. The van der Waals surface area contributed by atoms with E-state index in [1.165, 1.54) is 11.8 Å². The van der Waals surface area contributed by atoms with Crippen LogP contribution in [0.4, 0.5) is 11.6 Å². The van der Waals surface area contributed by atoms with E-state index < -0.39 is 0 Å². The van der Waals surface area contributed by atoms with Gasteiger partial charge in [-0.05, 0) is 19.3 Å². The van der Waals surface area contributed by atoms with E-state index in [0.717, 1.165) is 5.69 Å². The van der Waals surface area contributed by atoms with Crippen molar-refractivity contribution in [1.29, 1.82) is 0 Å². The van der Waals surface area contributed by atoms with Crippen LogP contribution >= 0.6 is 23.4 Å². The van der Waals surface area contributed by atoms with Crippen LogP contribution < -0.4 is 5.32 Å². The van der Waals surface area contributed by atoms with E-state index in [2.05, 4.69) is 25.5 Å². The zero-order chi connectivity index (χ0) is 13.0. The molecule has 7 heteroatoms. The number of halogens is 1. The Balaban J connectivity index is 2.19. The van der Waals surface area contributed by atoms with E-state index in [1.807, 2.05) is 31.4 Å². The number of rotatable bonds is 4. The summed E-state index contributed by atoms with van der Waals surface area (Å²) in [6, 6.07) is 3.54. The van der Waals surface area contributed by atoms with Gasteiger partial charge in [-0.2, -0.15) is 5.10 Å². The van der Waals surface area contributed by atoms with Gasteiger partial charge < -0.3 is 5.32 Å². The Hall–Kier alpha value is -1.53. The summed E-state index contributed by atoms with van der Waals surface area (Å²) in [5.74, 6) is 1.31. The van der Waals surface area contributed by atoms with E-state index in [-0.39, 0.29) is 0 Å². The molecule has 18 heavy (non-hydrogen) atoms. The van der Waals surface area contributed by atoms with Gasteiger partial charge in [-0.3, -0.25) is 5.10 Å². The molecule has 94 valence electrons. The van der Waals surface area contributed by atoms with Crippen molar-refractivity contribution in [3.63, 3.8) is 0 Å². The van der Waals surface area contributed by atoms with Gasteiger partial charge in [0.15, 0.2) is 11.0 Å². The topological polar surface area (TPSA) is 66.5 Å². The van der Waals surface area contributed by atoms with Crippen LogP contribution in [-0.4, -0.2) is 26.4 Å². The zero-order valence-corrected chi connectivity index (χ0v) is 11.5. The number of hydrogen-bond acceptors (Lipinski definition) is 5. The number of aromatic nitrogens is 4. The minimum atomic E-state index is 0.404. The molecular weight excluding hydrogens is 270 g/mol. The first-order chi connectivity index (χ1) is 8.71. The predicted molar refractivity (Wildman–Crippen MR) is 75.4 cm³/mol. The molecule has 0 aromatic carbocycles. The fraction of sp³-hybridized carbons (Fsp3) is 0.182. The lowest BCUT2D eigenvalue weighted by Crippen LogP contribution is -1.96. The maximum absolute atomic E-state index is 5.91. The number of nitrogens with zero attached hydrogens (tertiary/aromatic N) is 3. The quantitative estimate of drug-likeness (QED) is 0.511. The normalized spacial score (nSPS) is 11.1. The molecule has 2 heterocycles. The average molecular weight is 282 g/mol. The van der Waals surface area contributed by atoms with E-state index in [9.17, 15) is 0 Å². The van der Waals surface area contributed by atoms with Gasteiger partial charge in [-0.15, -0.1) is 0 Å². The van der Waals surface area contributed by atoms with Gasteiger partial charge in [-0.25, -0.2) is 9.97 Å². The van der Waals surface area contributed by atoms with Crippen molar-refractivity contribution in [2.45, 2.75) is 12.1 Å². The summed E-state index contributed by atoms with van der Waals surface area (Å²) >= 11 is 7.34. The Labute approximate surface area is 114 Å². The molecule has 2 N–H and O–H groups in total. The van der Waals surface area contributed by atoms with Crippen molar-refractivity contribution in [3.05, 3.63) is 29.1 Å². The second kappa shape index (κ2) is 5.88. The van der Waals surface area contributed by atoms with Gasteiger partial charge in [0.05, 0.1) is 5.69 Å². The van der Waals surface area contributed by atoms with Crippen LogP contribution in [0.1, 0.15) is 12.6 Å². The molecule has 2 rings (SSSR count). The van der Waals surface area contributed by atoms with E-state index >= 15 is 0 Å². The number of hydrogen-bond donors (Lipinski definition) is 2. The number of H-pyrrole nitrogens is 1. The van der Waals surface area contributed by atoms with Crippen molar-refractivity contribution in [1.82, 2.24) is 20.2 Å². The van der Waals surface area contributed by atoms with Gasteiger partial charge >= 0.3 is 0 Å². The standard InChI is InChI=1S/C11H12ClN5S/c1-3-4-7-5-10(17-16-7)14-9-6-8(12)13-11(15-9)18-2/h3-6H,1-2H3,(H2,13,14,15,16,17)/b4-3+. The van der Waals surface area contributed by atoms with Crippen molar-refractivity contribution >= 4 is 41.1 Å². The highest BCUT2D eigenvalue weighted by Gasteiger charge is 2.04. The Morgan fingerprint density at radius 3 is 2.89 bits per heavy atom. The Kier molecular flexibility index (Phi) is 4.22. The van der Waals surface area contributed by atoms with Crippen LogP contribution in [0.3, 0.4) is 0 Å². The second-order valence-electron chi connectivity index (χ2n) is 3.40. The van der Waals surface area contributed by atoms with Gasteiger partial charge in [0.25, 0.3) is 0 Å². The molecule has 0 spiro atoms. The molecule has 0 atom stereocenters. The van der Waals surface area contributed by atoms with Crippen molar-refractivity contribution < 1.29 is 0 Å². The van der Waals surface area contributed by atoms with Crippen LogP contribution in [0.15, 0.2) is 23.4 Å². The van der Waals surface area contributed by atoms with E-state index in [4.69, 9.17) is 11.6 Å². The average Bonchev–Trinajstić information content (AvgIpc) is 2.76. The van der Waals surface area contributed by atoms with Gasteiger partial charge in [0.2, 0.25) is 0 Å². The molecule has 2 aromatic rings. The molecule has 0 unspecified atom stereocenters. The smallest absolute Gasteiger partial charge is 0.190 e. The summed E-state index contributed by atoms with van der Waals surface area (Å²) in [4.78, 5) is 8.35. The van der Waals surface area contributed by atoms with Gasteiger partial charge in [0, 0.05) is 12.1 Å². The minimum absolute atomic E-state index is 0.404. The molecule has 5 nitrogen and oxygen atoms in total. The number of aromatic amines is 1. The fourth-order valence-electron chi connectivity index (χ4n) is 1.35. The molecule has 0 aliphatic carbocycles. The second-order valence-corrected chi connectivity index (χ2v) is 4.56. The summed E-state index contributed by atoms with van der Waals surface area (Å²) in [6.45, 7) is 1.95. The summed E-state index contributed by atoms with van der Waals surface area (Å²) in [5, 5.41) is 11.1. The lowest BCUT2D eigenvalue weighted by molar-refractivity contribution is 0.972. The van der Waals surface area contributed by atoms with E-state index in [1.54, 1.807) is 6.07 Å². The monoisotopic (exact) mass is 281 g/mol. The highest BCUT2D eigenvalue weighted by atomic mass is 35.5. The highest BCUT2D eigenvalue weighted by molar-refractivity contribution is 7.98. The third kappa shape index (κ3) is 3.24. The van der Waals surface area contributed by atoms with Crippen LogP contribution in [0, 0.1) is 0 Å². The molecule has 0 aliphatic rings. The number of thioether (sulfide) groups is 1. The number of nitrogens with one attached hydrogen (secondary N) is 2. The molecule has 0 aliphatic heterocycles. The SMILES string of the molecule is C/C=C/c1cc(Nc2cc(Cl)nc(SC)n2)n[nH]1. The van der Waals surface area contributed by atoms with Crippen LogP contribution in [-0.2, 0) is 0 Å². The lowest BCUT2D eigenvalue weighted by atomic mass is 10.4. The molecule has 0 radical (unpaired) electrons. The first-order valence-corrected chi connectivity index (χ1v) is 6.85. The maximum Gasteiger partial charge on any atom is 0.190 e. The van der Waals surface area contributed by atoms with E-state index in [0.29, 0.717) is 21.9 Å².